The van der Waals surface area contributed by atoms with Gasteiger partial charge in [-0.2, -0.15) is 5.10 Å². The molecule has 0 aromatic carbocycles. The Bertz CT molecular complexity index is 595. The molecule has 0 radical (unpaired) electrons. The summed E-state index contributed by atoms with van der Waals surface area (Å²) < 4.78 is 7.67. The number of aromatic nitrogens is 2. The van der Waals surface area contributed by atoms with Crippen molar-refractivity contribution < 1.29 is 14.3 Å². The number of cyclic esters (lactones) is 1. The molecule has 2 N–H and O–H groups in total. The first kappa shape index (κ1) is 15.5. The number of halogens is 1. The third-order valence-corrected chi connectivity index (χ3v) is 5.43. The van der Waals surface area contributed by atoms with Gasteiger partial charge in [0.1, 0.15) is 10.7 Å². The van der Waals surface area contributed by atoms with E-state index < -0.39 is 0 Å². The molecule has 8 heteroatoms. The van der Waals surface area contributed by atoms with Gasteiger partial charge in [0.15, 0.2) is 0 Å². The first-order valence-electron chi connectivity index (χ1n) is 7.39. The van der Waals surface area contributed by atoms with Gasteiger partial charge in [0, 0.05) is 13.5 Å². The zero-order chi connectivity index (χ0) is 15.7. The third-order valence-electron chi connectivity index (χ3n) is 4.49. The minimum Gasteiger partial charge on any atom is -0.460 e. The van der Waals surface area contributed by atoms with Gasteiger partial charge in [-0.25, -0.2) is 0 Å². The van der Waals surface area contributed by atoms with E-state index in [0.29, 0.717) is 23.1 Å². The summed E-state index contributed by atoms with van der Waals surface area (Å²) in [6.45, 7) is 2.02. The average molecular weight is 371 g/mol. The molecule has 1 unspecified atom stereocenters. The maximum absolute atomic E-state index is 12.2. The van der Waals surface area contributed by atoms with Crippen LogP contribution in [0.25, 0.3) is 0 Å². The van der Waals surface area contributed by atoms with Crippen LogP contribution in [0, 0.1) is 5.41 Å². The van der Waals surface area contributed by atoms with Crippen LogP contribution < -0.4 is 10.6 Å². The number of nitrogens with zero attached hydrogens (tertiary/aromatic N) is 2. The molecule has 2 fully saturated rings. The van der Waals surface area contributed by atoms with Gasteiger partial charge < -0.3 is 15.4 Å². The average Bonchev–Trinajstić information content (AvgIpc) is 2.99. The molecule has 2 aliphatic rings. The maximum atomic E-state index is 12.2. The zero-order valence-corrected chi connectivity index (χ0v) is 14.0. The molecule has 2 saturated heterocycles. The fourth-order valence-electron chi connectivity index (χ4n) is 3.14. The predicted molar refractivity (Wildman–Crippen MR) is 82.3 cm³/mol. The lowest BCUT2D eigenvalue weighted by Gasteiger charge is -2.29. The van der Waals surface area contributed by atoms with Crippen LogP contribution in [0.5, 0.6) is 0 Å². The Labute approximate surface area is 136 Å². The van der Waals surface area contributed by atoms with Crippen LogP contribution in [0.3, 0.4) is 0 Å². The molecule has 3 heterocycles. The van der Waals surface area contributed by atoms with Gasteiger partial charge in [-0.05, 0) is 41.9 Å². The van der Waals surface area contributed by atoms with Gasteiger partial charge in [0.2, 0.25) is 0 Å². The van der Waals surface area contributed by atoms with E-state index in [9.17, 15) is 9.59 Å². The number of amides is 1. The molecule has 3 rings (SSSR count). The molecule has 0 aliphatic carbocycles. The Kier molecular flexibility index (Phi) is 4.22. The Morgan fingerprint density at radius 1 is 1.59 bits per heavy atom. The number of rotatable bonds is 3. The van der Waals surface area contributed by atoms with Crippen molar-refractivity contribution in [3.05, 3.63) is 16.4 Å². The minimum absolute atomic E-state index is 0.115. The summed E-state index contributed by atoms with van der Waals surface area (Å²) in [5.74, 6) is -0.335. The van der Waals surface area contributed by atoms with Crippen molar-refractivity contribution in [1.82, 2.24) is 20.4 Å². The number of hydrogen-bond acceptors (Lipinski definition) is 5. The first-order chi connectivity index (χ1) is 10.5. The second-order valence-corrected chi connectivity index (χ2v) is 6.70. The summed E-state index contributed by atoms with van der Waals surface area (Å²) in [5.41, 5.74) is 0.124. The summed E-state index contributed by atoms with van der Waals surface area (Å²) in [5, 5.41) is 10.1. The minimum atomic E-state index is -0.352. The van der Waals surface area contributed by atoms with E-state index in [2.05, 4.69) is 31.7 Å². The van der Waals surface area contributed by atoms with E-state index in [4.69, 9.17) is 4.74 Å². The SMILES string of the molecule is Cn1ncc(C(=O)NCC2CC3(CCNCC3)C(=O)O2)c1Br. The van der Waals surface area contributed by atoms with E-state index >= 15 is 0 Å². The van der Waals surface area contributed by atoms with Crippen molar-refractivity contribution >= 4 is 27.8 Å². The second kappa shape index (κ2) is 6.00. The highest BCUT2D eigenvalue weighted by Gasteiger charge is 2.49. The number of aryl methyl sites for hydroxylation is 1. The van der Waals surface area contributed by atoms with Crippen molar-refractivity contribution in [3.63, 3.8) is 0 Å². The fraction of sp³-hybridized carbons (Fsp3) is 0.643. The van der Waals surface area contributed by atoms with E-state index in [0.717, 1.165) is 25.9 Å². The number of nitrogens with one attached hydrogen (secondary N) is 2. The van der Waals surface area contributed by atoms with Crippen molar-refractivity contribution in [1.29, 1.82) is 0 Å². The van der Waals surface area contributed by atoms with Crippen molar-refractivity contribution in [3.8, 4) is 0 Å². The van der Waals surface area contributed by atoms with Gasteiger partial charge in [-0.15, -0.1) is 0 Å². The molecule has 1 amide bonds. The van der Waals surface area contributed by atoms with Crippen LogP contribution in [0.4, 0.5) is 0 Å². The van der Waals surface area contributed by atoms with Crippen molar-refractivity contribution in [2.45, 2.75) is 25.4 Å². The number of hydrogen-bond donors (Lipinski definition) is 2. The van der Waals surface area contributed by atoms with Crippen LogP contribution in [0.2, 0.25) is 0 Å². The Hall–Kier alpha value is -1.41. The summed E-state index contributed by atoms with van der Waals surface area (Å²) in [7, 11) is 1.75. The van der Waals surface area contributed by atoms with Crippen molar-refractivity contribution in [2.24, 2.45) is 12.5 Å². The molecule has 1 aromatic heterocycles. The Morgan fingerprint density at radius 3 is 2.95 bits per heavy atom. The highest BCUT2D eigenvalue weighted by Crippen LogP contribution is 2.41. The number of carbonyl (C=O) groups excluding carboxylic acids is 2. The largest absolute Gasteiger partial charge is 0.460 e. The molecule has 0 bridgehead atoms. The third kappa shape index (κ3) is 2.77. The summed E-state index contributed by atoms with van der Waals surface area (Å²) >= 11 is 3.32. The molecule has 2 aliphatic heterocycles. The first-order valence-corrected chi connectivity index (χ1v) is 8.19. The second-order valence-electron chi connectivity index (χ2n) is 5.94. The molecule has 1 spiro atoms. The smallest absolute Gasteiger partial charge is 0.312 e. The van der Waals surface area contributed by atoms with Gasteiger partial charge in [-0.1, -0.05) is 0 Å². The lowest BCUT2D eigenvalue weighted by molar-refractivity contribution is -0.149. The summed E-state index contributed by atoms with van der Waals surface area (Å²) in [4.78, 5) is 24.3. The molecule has 1 atom stereocenters. The topological polar surface area (TPSA) is 85.3 Å². The summed E-state index contributed by atoms with van der Waals surface area (Å²) in [6, 6.07) is 0. The van der Waals surface area contributed by atoms with E-state index in [1.807, 2.05) is 0 Å². The van der Waals surface area contributed by atoms with Gasteiger partial charge in [0.05, 0.1) is 23.7 Å². The lowest BCUT2D eigenvalue weighted by Crippen LogP contribution is -2.39. The predicted octanol–water partition coefficient (Wildman–Crippen LogP) is 0.598. The fourth-order valence-corrected chi connectivity index (χ4v) is 3.52. The monoisotopic (exact) mass is 370 g/mol. The molecular formula is C14H19BrN4O3. The lowest BCUT2D eigenvalue weighted by atomic mass is 9.76. The maximum Gasteiger partial charge on any atom is 0.312 e. The summed E-state index contributed by atoms with van der Waals surface area (Å²) in [6.07, 6.45) is 3.57. The molecule has 120 valence electrons. The Balaban J connectivity index is 1.57. The molecule has 1 aromatic rings. The van der Waals surface area contributed by atoms with Crippen molar-refractivity contribution in [2.75, 3.05) is 19.6 Å². The molecule has 7 nitrogen and oxygen atoms in total. The number of ether oxygens (including phenoxy) is 1. The van der Waals surface area contributed by atoms with Crippen LogP contribution >= 0.6 is 15.9 Å². The van der Waals surface area contributed by atoms with E-state index in [1.54, 1.807) is 11.7 Å². The van der Waals surface area contributed by atoms with Gasteiger partial charge >= 0.3 is 5.97 Å². The van der Waals surface area contributed by atoms with Crippen LogP contribution in [0.15, 0.2) is 10.8 Å². The normalized spacial score (nSPS) is 23.5. The number of carbonyl (C=O) groups is 2. The van der Waals surface area contributed by atoms with Gasteiger partial charge in [0.25, 0.3) is 5.91 Å². The molecule has 22 heavy (non-hydrogen) atoms. The quantitative estimate of drug-likeness (QED) is 0.760. The van der Waals surface area contributed by atoms with E-state index in [1.165, 1.54) is 6.20 Å². The van der Waals surface area contributed by atoms with E-state index in [-0.39, 0.29) is 23.4 Å². The standard InChI is InChI=1S/C14H19BrN4O3/c1-19-11(15)10(8-18-19)12(20)17-7-9-6-14(13(21)22-9)2-4-16-5-3-14/h8-9,16H,2-7H2,1H3,(H,17,20). The van der Waals surface area contributed by atoms with Crippen LogP contribution in [0.1, 0.15) is 29.6 Å². The van der Waals surface area contributed by atoms with Crippen LogP contribution in [-0.4, -0.2) is 47.4 Å². The zero-order valence-electron chi connectivity index (χ0n) is 12.4. The van der Waals surface area contributed by atoms with Crippen LogP contribution in [-0.2, 0) is 16.6 Å². The molecular weight excluding hydrogens is 352 g/mol. The number of piperidine rings is 1. The highest BCUT2D eigenvalue weighted by molar-refractivity contribution is 9.10. The Morgan fingerprint density at radius 2 is 2.32 bits per heavy atom. The van der Waals surface area contributed by atoms with Gasteiger partial charge in [-0.3, -0.25) is 14.3 Å². The molecule has 0 saturated carbocycles. The number of esters is 1. The highest BCUT2D eigenvalue weighted by atomic mass is 79.9.